The molecule has 1 fully saturated rings. The van der Waals surface area contributed by atoms with Crippen LogP contribution in [-0.4, -0.2) is 38.2 Å². The van der Waals surface area contributed by atoms with Gasteiger partial charge in [-0.05, 0) is 36.6 Å². The van der Waals surface area contributed by atoms with Crippen LogP contribution in [0, 0.1) is 0 Å². The molecule has 29 heavy (non-hydrogen) atoms. The van der Waals surface area contributed by atoms with E-state index in [4.69, 9.17) is 11.6 Å². The number of benzene rings is 2. The summed E-state index contributed by atoms with van der Waals surface area (Å²) in [5.41, 5.74) is -0.514. The Morgan fingerprint density at radius 2 is 1.62 bits per heavy atom. The van der Waals surface area contributed by atoms with Gasteiger partial charge in [-0.3, -0.25) is 14.2 Å². The minimum Gasteiger partial charge on any atom is -0.337 e. The maximum absolute atomic E-state index is 13.1. The molecule has 2 heterocycles. The van der Waals surface area contributed by atoms with Crippen molar-refractivity contribution in [1.29, 1.82) is 0 Å². The third kappa shape index (κ3) is 3.73. The van der Waals surface area contributed by atoms with Crippen molar-refractivity contribution >= 4 is 17.5 Å². The first-order valence-corrected chi connectivity index (χ1v) is 9.76. The van der Waals surface area contributed by atoms with E-state index in [9.17, 15) is 14.4 Å². The van der Waals surface area contributed by atoms with Gasteiger partial charge in [-0.1, -0.05) is 48.0 Å². The van der Waals surface area contributed by atoms with Gasteiger partial charge in [-0.2, -0.15) is 9.78 Å². The second-order valence-corrected chi connectivity index (χ2v) is 7.27. The summed E-state index contributed by atoms with van der Waals surface area (Å²) in [5.74, 6) is -0.454. The monoisotopic (exact) mass is 410 g/mol. The molecule has 0 spiro atoms. The largest absolute Gasteiger partial charge is 0.352 e. The maximum Gasteiger partial charge on any atom is 0.352 e. The molecule has 0 atom stereocenters. The predicted molar refractivity (Wildman–Crippen MR) is 110 cm³/mol. The number of rotatable bonds is 4. The summed E-state index contributed by atoms with van der Waals surface area (Å²) in [5, 5.41) is 4.60. The van der Waals surface area contributed by atoms with Crippen molar-refractivity contribution < 1.29 is 4.79 Å². The zero-order valence-electron chi connectivity index (χ0n) is 15.6. The lowest BCUT2D eigenvalue weighted by molar-refractivity contribution is 0.0781. The van der Waals surface area contributed by atoms with Crippen LogP contribution in [0.15, 0.2) is 64.2 Å². The Labute approximate surface area is 171 Å². The molecule has 0 radical (unpaired) electrons. The van der Waals surface area contributed by atoms with Crippen molar-refractivity contribution in [3.8, 4) is 5.69 Å². The van der Waals surface area contributed by atoms with E-state index in [1.54, 1.807) is 53.4 Å². The second-order valence-electron chi connectivity index (χ2n) is 6.86. The molecule has 0 bridgehead atoms. The van der Waals surface area contributed by atoms with Crippen LogP contribution in [-0.2, 0) is 6.54 Å². The summed E-state index contributed by atoms with van der Waals surface area (Å²) in [4.78, 5) is 40.7. The number of aromatic nitrogens is 3. The van der Waals surface area contributed by atoms with Crippen LogP contribution in [0.25, 0.3) is 5.69 Å². The Kier molecular flexibility index (Phi) is 5.31. The molecular weight excluding hydrogens is 392 g/mol. The Hall–Kier alpha value is -3.19. The molecule has 7 nitrogen and oxygen atoms in total. The molecule has 1 aliphatic heterocycles. The maximum atomic E-state index is 13.1. The van der Waals surface area contributed by atoms with Gasteiger partial charge in [0.05, 0.1) is 12.2 Å². The summed E-state index contributed by atoms with van der Waals surface area (Å²) in [6, 6.07) is 15.7. The number of amides is 1. The zero-order valence-corrected chi connectivity index (χ0v) is 16.4. The number of para-hydroxylation sites is 1. The van der Waals surface area contributed by atoms with E-state index in [0.717, 1.165) is 22.1 Å². The van der Waals surface area contributed by atoms with Crippen LogP contribution >= 0.6 is 11.6 Å². The predicted octanol–water partition coefficient (Wildman–Crippen LogP) is 2.33. The van der Waals surface area contributed by atoms with Crippen LogP contribution < -0.4 is 11.2 Å². The first-order chi connectivity index (χ1) is 14.1. The van der Waals surface area contributed by atoms with Gasteiger partial charge in [0, 0.05) is 18.1 Å². The van der Waals surface area contributed by atoms with Gasteiger partial charge in [0.15, 0.2) is 0 Å². The van der Waals surface area contributed by atoms with Crippen LogP contribution in [0.4, 0.5) is 0 Å². The summed E-state index contributed by atoms with van der Waals surface area (Å²) in [6.07, 6.45) is 1.77. The van der Waals surface area contributed by atoms with Crippen molar-refractivity contribution in [2.24, 2.45) is 0 Å². The molecule has 8 heteroatoms. The van der Waals surface area contributed by atoms with Gasteiger partial charge in [-0.25, -0.2) is 4.79 Å². The molecule has 1 aliphatic rings. The van der Waals surface area contributed by atoms with Gasteiger partial charge < -0.3 is 4.90 Å². The first-order valence-electron chi connectivity index (χ1n) is 9.38. The second kappa shape index (κ2) is 8.05. The SMILES string of the molecule is O=C(c1nn(-c2ccccc2)c(=O)n(Cc2ccccc2Cl)c1=O)N1CCCC1. The highest BCUT2D eigenvalue weighted by atomic mass is 35.5. The highest BCUT2D eigenvalue weighted by molar-refractivity contribution is 6.31. The molecule has 2 aromatic carbocycles. The summed E-state index contributed by atoms with van der Waals surface area (Å²) in [6.45, 7) is 1.11. The van der Waals surface area contributed by atoms with Crippen molar-refractivity contribution in [3.63, 3.8) is 0 Å². The fourth-order valence-corrected chi connectivity index (χ4v) is 3.59. The Bertz CT molecular complexity index is 1160. The minimum atomic E-state index is -0.709. The lowest BCUT2D eigenvalue weighted by Gasteiger charge is -2.17. The molecule has 1 saturated heterocycles. The number of likely N-dealkylation sites (tertiary alicyclic amines) is 1. The molecule has 0 unspecified atom stereocenters. The average molecular weight is 411 g/mol. The van der Waals surface area contributed by atoms with Gasteiger partial charge in [-0.15, -0.1) is 0 Å². The van der Waals surface area contributed by atoms with Crippen LogP contribution in [0.1, 0.15) is 28.9 Å². The molecule has 0 N–H and O–H groups in total. The lowest BCUT2D eigenvalue weighted by atomic mass is 10.2. The number of hydrogen-bond acceptors (Lipinski definition) is 4. The molecule has 0 saturated carbocycles. The standard InChI is InChI=1S/C21H19ClN4O3/c22-17-11-5-4-8-15(17)14-25-20(28)18(19(27)24-12-6-7-13-24)23-26(21(25)29)16-9-2-1-3-10-16/h1-5,8-11H,6-7,12-14H2. The van der Waals surface area contributed by atoms with Gasteiger partial charge in [0.2, 0.25) is 5.69 Å². The summed E-state index contributed by atoms with van der Waals surface area (Å²) < 4.78 is 2.12. The molecule has 1 amide bonds. The van der Waals surface area contributed by atoms with E-state index in [-0.39, 0.29) is 12.2 Å². The van der Waals surface area contributed by atoms with Crippen molar-refractivity contribution in [2.45, 2.75) is 19.4 Å². The molecule has 4 rings (SSSR count). The number of carbonyl (C=O) groups excluding carboxylic acids is 1. The van der Waals surface area contributed by atoms with Crippen molar-refractivity contribution in [3.05, 3.63) is 91.7 Å². The topological polar surface area (TPSA) is 77.2 Å². The smallest absolute Gasteiger partial charge is 0.337 e. The quantitative estimate of drug-likeness (QED) is 0.661. The molecule has 0 aliphatic carbocycles. The molecule has 3 aromatic rings. The summed E-state index contributed by atoms with van der Waals surface area (Å²) >= 11 is 6.23. The van der Waals surface area contributed by atoms with E-state index >= 15 is 0 Å². The first kappa shape index (κ1) is 19.1. The van der Waals surface area contributed by atoms with E-state index in [1.807, 2.05) is 6.07 Å². The van der Waals surface area contributed by atoms with Crippen molar-refractivity contribution in [2.75, 3.05) is 13.1 Å². The third-order valence-electron chi connectivity index (χ3n) is 4.94. The third-order valence-corrected chi connectivity index (χ3v) is 5.31. The highest BCUT2D eigenvalue weighted by Gasteiger charge is 2.26. The normalized spacial score (nSPS) is 13.6. The van der Waals surface area contributed by atoms with E-state index in [2.05, 4.69) is 5.10 Å². The minimum absolute atomic E-state index is 0.0486. The van der Waals surface area contributed by atoms with Crippen LogP contribution in [0.2, 0.25) is 5.02 Å². The number of nitrogens with zero attached hydrogens (tertiary/aromatic N) is 4. The molecule has 1 aromatic heterocycles. The van der Waals surface area contributed by atoms with Gasteiger partial charge >= 0.3 is 5.69 Å². The number of carbonyl (C=O) groups is 1. The Morgan fingerprint density at radius 1 is 0.966 bits per heavy atom. The fourth-order valence-electron chi connectivity index (χ4n) is 3.39. The average Bonchev–Trinajstić information content (AvgIpc) is 3.28. The van der Waals surface area contributed by atoms with E-state index in [0.29, 0.717) is 29.4 Å². The summed E-state index contributed by atoms with van der Waals surface area (Å²) in [7, 11) is 0. The fraction of sp³-hybridized carbons (Fsp3) is 0.238. The van der Waals surface area contributed by atoms with Crippen molar-refractivity contribution in [1.82, 2.24) is 19.2 Å². The Morgan fingerprint density at radius 3 is 2.31 bits per heavy atom. The molecule has 148 valence electrons. The highest BCUT2D eigenvalue weighted by Crippen LogP contribution is 2.15. The Balaban J connectivity index is 1.90. The van der Waals surface area contributed by atoms with Crippen LogP contribution in [0.5, 0.6) is 0 Å². The number of hydrogen-bond donors (Lipinski definition) is 0. The van der Waals surface area contributed by atoms with Gasteiger partial charge in [0.1, 0.15) is 0 Å². The van der Waals surface area contributed by atoms with Gasteiger partial charge in [0.25, 0.3) is 11.5 Å². The lowest BCUT2D eigenvalue weighted by Crippen LogP contribution is -2.46. The van der Waals surface area contributed by atoms with E-state index < -0.39 is 17.2 Å². The van der Waals surface area contributed by atoms with Crippen LogP contribution in [0.3, 0.4) is 0 Å². The zero-order chi connectivity index (χ0) is 20.4. The number of halogens is 1. The van der Waals surface area contributed by atoms with E-state index in [1.165, 1.54) is 0 Å². The molecular formula is C21H19ClN4O3.